The summed E-state index contributed by atoms with van der Waals surface area (Å²) in [6.07, 6.45) is 5.99. The molecule has 0 radical (unpaired) electrons. The van der Waals surface area contributed by atoms with E-state index < -0.39 is 0 Å². The smallest absolute Gasteiger partial charge is 0.333 e. The molecule has 108 valence electrons. The molecule has 1 aliphatic carbocycles. The molecule has 0 unspecified atom stereocenters. The van der Waals surface area contributed by atoms with E-state index in [0.717, 1.165) is 24.8 Å². The molecule has 0 aromatic heterocycles. The van der Waals surface area contributed by atoms with E-state index in [9.17, 15) is 9.59 Å². The number of Topliss-reactive ketones (excluding diaryl/α,β-unsaturated/α-hetero) is 1. The Morgan fingerprint density at radius 1 is 1.32 bits per heavy atom. The van der Waals surface area contributed by atoms with Gasteiger partial charge in [0.25, 0.3) is 0 Å². The second-order valence-corrected chi connectivity index (χ2v) is 6.07. The lowest BCUT2D eigenvalue weighted by Gasteiger charge is -2.26. The fourth-order valence-corrected chi connectivity index (χ4v) is 2.75. The van der Waals surface area contributed by atoms with Crippen molar-refractivity contribution in [2.24, 2.45) is 17.8 Å². The quantitative estimate of drug-likeness (QED) is 0.691. The minimum absolute atomic E-state index is 0.206. The molecule has 0 bridgehead atoms. The number of hydrogen-bond donors (Lipinski definition) is 0. The van der Waals surface area contributed by atoms with Gasteiger partial charge in [0.1, 0.15) is 5.78 Å². The zero-order valence-corrected chi connectivity index (χ0v) is 12.6. The number of rotatable bonds is 6. The minimum atomic E-state index is -0.206. The average Bonchev–Trinajstić information content (AvgIpc) is 2.36. The second-order valence-electron chi connectivity index (χ2n) is 6.07. The van der Waals surface area contributed by atoms with Crippen molar-refractivity contribution in [2.45, 2.75) is 52.9 Å². The molecular weight excluding hydrogens is 240 g/mol. The third kappa shape index (κ3) is 5.17. The Bertz CT molecular complexity index is 355. The van der Waals surface area contributed by atoms with Crippen LogP contribution in [0.15, 0.2) is 11.6 Å². The van der Waals surface area contributed by atoms with Crippen LogP contribution in [0.3, 0.4) is 0 Å². The molecule has 0 fully saturated rings. The van der Waals surface area contributed by atoms with Crippen molar-refractivity contribution in [1.29, 1.82) is 0 Å². The van der Waals surface area contributed by atoms with Crippen LogP contribution in [0.25, 0.3) is 0 Å². The topological polar surface area (TPSA) is 43.4 Å². The predicted molar refractivity (Wildman–Crippen MR) is 75.7 cm³/mol. The average molecular weight is 266 g/mol. The van der Waals surface area contributed by atoms with Gasteiger partial charge in [0.05, 0.1) is 7.11 Å². The first-order valence-corrected chi connectivity index (χ1v) is 7.23. The van der Waals surface area contributed by atoms with Crippen LogP contribution < -0.4 is 0 Å². The van der Waals surface area contributed by atoms with E-state index in [1.807, 2.05) is 6.08 Å². The molecule has 0 saturated carbocycles. The molecule has 0 spiro atoms. The Morgan fingerprint density at radius 2 is 2.00 bits per heavy atom. The van der Waals surface area contributed by atoms with E-state index >= 15 is 0 Å². The third-order valence-corrected chi connectivity index (χ3v) is 3.89. The molecular formula is C16H26O3. The number of carbonyl (C=O) groups is 2. The highest BCUT2D eigenvalue weighted by Crippen LogP contribution is 2.31. The van der Waals surface area contributed by atoms with Crippen LogP contribution in [0.2, 0.25) is 0 Å². The number of hydrogen-bond acceptors (Lipinski definition) is 3. The molecule has 0 heterocycles. The highest BCUT2D eigenvalue weighted by Gasteiger charge is 2.24. The fraction of sp³-hybridized carbons (Fsp3) is 0.750. The lowest BCUT2D eigenvalue weighted by molar-refractivity contribution is -0.136. The lowest BCUT2D eigenvalue weighted by atomic mass is 9.79. The second kappa shape index (κ2) is 7.46. The van der Waals surface area contributed by atoms with Crippen molar-refractivity contribution >= 4 is 11.8 Å². The Morgan fingerprint density at radius 3 is 2.47 bits per heavy atom. The van der Waals surface area contributed by atoms with Crippen LogP contribution in [-0.2, 0) is 14.3 Å². The molecule has 0 N–H and O–H groups in total. The van der Waals surface area contributed by atoms with E-state index in [2.05, 4.69) is 20.8 Å². The molecule has 0 aliphatic heterocycles. The SMILES string of the molecule is COC(=O)C1=CC[C@H]([C@H](C)CC(=O)CC(C)C)CC1. The van der Waals surface area contributed by atoms with Crippen molar-refractivity contribution in [3.8, 4) is 0 Å². The van der Waals surface area contributed by atoms with Crippen LogP contribution in [0.5, 0.6) is 0 Å². The van der Waals surface area contributed by atoms with Gasteiger partial charge in [0, 0.05) is 18.4 Å². The van der Waals surface area contributed by atoms with Gasteiger partial charge in [-0.05, 0) is 37.0 Å². The number of allylic oxidation sites excluding steroid dienone is 1. The van der Waals surface area contributed by atoms with Gasteiger partial charge in [-0.25, -0.2) is 4.79 Å². The largest absolute Gasteiger partial charge is 0.466 e. The number of esters is 1. The maximum Gasteiger partial charge on any atom is 0.333 e. The van der Waals surface area contributed by atoms with Crippen molar-refractivity contribution in [1.82, 2.24) is 0 Å². The first kappa shape index (κ1) is 15.9. The minimum Gasteiger partial charge on any atom is -0.466 e. The van der Waals surface area contributed by atoms with Gasteiger partial charge in [0.2, 0.25) is 0 Å². The van der Waals surface area contributed by atoms with E-state index in [0.29, 0.717) is 36.4 Å². The highest BCUT2D eigenvalue weighted by atomic mass is 16.5. The summed E-state index contributed by atoms with van der Waals surface area (Å²) in [5, 5.41) is 0. The van der Waals surface area contributed by atoms with Crippen LogP contribution in [0.1, 0.15) is 52.9 Å². The summed E-state index contributed by atoms with van der Waals surface area (Å²) in [6.45, 7) is 6.31. The summed E-state index contributed by atoms with van der Waals surface area (Å²) < 4.78 is 4.73. The fourth-order valence-electron chi connectivity index (χ4n) is 2.75. The van der Waals surface area contributed by atoms with Crippen LogP contribution in [0.4, 0.5) is 0 Å². The van der Waals surface area contributed by atoms with Gasteiger partial charge in [0.15, 0.2) is 0 Å². The Kier molecular flexibility index (Phi) is 6.26. The van der Waals surface area contributed by atoms with Crippen molar-refractivity contribution < 1.29 is 14.3 Å². The summed E-state index contributed by atoms with van der Waals surface area (Å²) in [5.41, 5.74) is 0.791. The third-order valence-electron chi connectivity index (χ3n) is 3.89. The van der Waals surface area contributed by atoms with Crippen molar-refractivity contribution in [3.63, 3.8) is 0 Å². The zero-order valence-electron chi connectivity index (χ0n) is 12.6. The normalized spacial score (nSPS) is 20.9. The van der Waals surface area contributed by atoms with Gasteiger partial charge in [-0.1, -0.05) is 26.8 Å². The van der Waals surface area contributed by atoms with Crippen molar-refractivity contribution in [3.05, 3.63) is 11.6 Å². The lowest BCUT2D eigenvalue weighted by Crippen LogP contribution is -2.20. The molecule has 0 saturated heterocycles. The highest BCUT2D eigenvalue weighted by molar-refractivity contribution is 5.88. The number of ether oxygens (including phenoxy) is 1. The summed E-state index contributed by atoms with van der Waals surface area (Å²) >= 11 is 0. The number of methoxy groups -OCH3 is 1. The van der Waals surface area contributed by atoms with Gasteiger partial charge in [-0.2, -0.15) is 0 Å². The molecule has 1 aliphatic rings. The summed E-state index contributed by atoms with van der Waals surface area (Å²) in [7, 11) is 1.42. The molecule has 3 heteroatoms. The summed E-state index contributed by atoms with van der Waals surface area (Å²) in [5.74, 6) is 1.52. The van der Waals surface area contributed by atoms with Crippen molar-refractivity contribution in [2.75, 3.05) is 7.11 Å². The summed E-state index contributed by atoms with van der Waals surface area (Å²) in [4.78, 5) is 23.2. The van der Waals surface area contributed by atoms with Crippen LogP contribution in [-0.4, -0.2) is 18.9 Å². The summed E-state index contributed by atoms with van der Waals surface area (Å²) in [6, 6.07) is 0. The van der Waals surface area contributed by atoms with Gasteiger partial charge in [-0.3, -0.25) is 4.79 Å². The molecule has 19 heavy (non-hydrogen) atoms. The first-order chi connectivity index (χ1) is 8.93. The van der Waals surface area contributed by atoms with Gasteiger partial charge in [-0.15, -0.1) is 0 Å². The molecule has 0 aromatic rings. The maximum atomic E-state index is 11.8. The number of ketones is 1. The van der Waals surface area contributed by atoms with Crippen LogP contribution in [0, 0.1) is 17.8 Å². The van der Waals surface area contributed by atoms with Gasteiger partial charge >= 0.3 is 5.97 Å². The first-order valence-electron chi connectivity index (χ1n) is 7.23. The van der Waals surface area contributed by atoms with Gasteiger partial charge < -0.3 is 4.74 Å². The maximum absolute atomic E-state index is 11.8. The van der Waals surface area contributed by atoms with E-state index in [1.165, 1.54) is 7.11 Å². The Labute approximate surface area is 116 Å². The van der Waals surface area contributed by atoms with E-state index in [4.69, 9.17) is 4.74 Å². The number of carbonyl (C=O) groups excluding carboxylic acids is 2. The monoisotopic (exact) mass is 266 g/mol. The predicted octanol–water partition coefficient (Wildman–Crippen LogP) is 3.53. The molecule has 2 atom stereocenters. The molecule has 3 nitrogen and oxygen atoms in total. The Balaban J connectivity index is 2.44. The standard InChI is InChI=1S/C16H26O3/c1-11(2)9-15(17)10-12(3)13-5-7-14(8-6-13)16(18)19-4/h7,11-13H,5-6,8-10H2,1-4H3/t12-,13+/m1/s1. The zero-order chi connectivity index (χ0) is 14.4. The Hall–Kier alpha value is -1.12. The van der Waals surface area contributed by atoms with Crippen LogP contribution >= 0.6 is 0 Å². The van der Waals surface area contributed by atoms with E-state index in [-0.39, 0.29) is 5.97 Å². The molecule has 1 rings (SSSR count). The van der Waals surface area contributed by atoms with E-state index in [1.54, 1.807) is 0 Å². The molecule has 0 amide bonds. The molecule has 0 aromatic carbocycles.